The SMILES string of the molecule is CCOc1ccc(CN2CC(c3noc(-c4ccc(OC)cc4)n3)CC2=O)cc1. The third-order valence-corrected chi connectivity index (χ3v) is 4.97. The molecule has 1 saturated heterocycles. The van der Waals surface area contributed by atoms with E-state index in [-0.39, 0.29) is 11.8 Å². The van der Waals surface area contributed by atoms with Gasteiger partial charge in [0.2, 0.25) is 5.91 Å². The number of ether oxygens (including phenoxy) is 2. The van der Waals surface area contributed by atoms with Crippen molar-refractivity contribution >= 4 is 5.91 Å². The second-order valence-corrected chi connectivity index (χ2v) is 6.94. The van der Waals surface area contributed by atoms with Crippen LogP contribution in [0.5, 0.6) is 11.5 Å². The van der Waals surface area contributed by atoms with Gasteiger partial charge >= 0.3 is 0 Å². The fourth-order valence-corrected chi connectivity index (χ4v) is 3.43. The summed E-state index contributed by atoms with van der Waals surface area (Å²) < 4.78 is 16.0. The summed E-state index contributed by atoms with van der Waals surface area (Å²) in [4.78, 5) is 18.8. The second-order valence-electron chi connectivity index (χ2n) is 6.94. The van der Waals surface area contributed by atoms with Gasteiger partial charge in [0.15, 0.2) is 5.82 Å². The van der Waals surface area contributed by atoms with Crippen LogP contribution >= 0.6 is 0 Å². The molecule has 4 rings (SSSR count). The lowest BCUT2D eigenvalue weighted by atomic mass is 10.1. The van der Waals surface area contributed by atoms with Gasteiger partial charge in [-0.25, -0.2) is 0 Å². The van der Waals surface area contributed by atoms with Gasteiger partial charge in [-0.1, -0.05) is 17.3 Å². The zero-order chi connectivity index (χ0) is 20.2. The molecule has 7 heteroatoms. The molecule has 1 atom stereocenters. The monoisotopic (exact) mass is 393 g/mol. The summed E-state index contributed by atoms with van der Waals surface area (Å²) in [6.07, 6.45) is 0.388. The van der Waals surface area contributed by atoms with Crippen LogP contribution < -0.4 is 9.47 Å². The van der Waals surface area contributed by atoms with Crippen molar-refractivity contribution < 1.29 is 18.8 Å². The van der Waals surface area contributed by atoms with E-state index < -0.39 is 0 Å². The number of methoxy groups -OCH3 is 1. The molecule has 1 unspecified atom stereocenters. The molecular weight excluding hydrogens is 370 g/mol. The molecule has 3 aromatic rings. The fraction of sp³-hybridized carbons (Fsp3) is 0.318. The minimum atomic E-state index is -0.0686. The fourth-order valence-electron chi connectivity index (χ4n) is 3.43. The van der Waals surface area contributed by atoms with Crippen LogP contribution in [-0.4, -0.2) is 41.2 Å². The quantitative estimate of drug-likeness (QED) is 0.610. The zero-order valence-electron chi connectivity index (χ0n) is 16.5. The van der Waals surface area contributed by atoms with Crippen LogP contribution in [0.4, 0.5) is 0 Å². The number of hydrogen-bond acceptors (Lipinski definition) is 6. The predicted octanol–water partition coefficient (Wildman–Crippen LogP) is 3.66. The third kappa shape index (κ3) is 4.23. The van der Waals surface area contributed by atoms with Crippen molar-refractivity contribution in [1.82, 2.24) is 15.0 Å². The largest absolute Gasteiger partial charge is 0.497 e. The van der Waals surface area contributed by atoms with Gasteiger partial charge in [0.05, 0.1) is 13.7 Å². The molecule has 0 saturated carbocycles. The standard InChI is InChI=1S/C22H23N3O4/c1-3-28-19-8-4-15(5-9-19)13-25-14-17(12-20(25)26)21-23-22(29-24-21)16-6-10-18(27-2)11-7-16/h4-11,17H,3,12-14H2,1-2H3. The Morgan fingerprint density at radius 2 is 1.83 bits per heavy atom. The number of amides is 1. The maximum absolute atomic E-state index is 12.5. The van der Waals surface area contributed by atoms with E-state index in [1.807, 2.05) is 60.4 Å². The summed E-state index contributed by atoms with van der Waals surface area (Å²) in [5.74, 6) is 2.64. The minimum absolute atomic E-state index is 0.0686. The lowest BCUT2D eigenvalue weighted by Crippen LogP contribution is -2.24. The van der Waals surface area contributed by atoms with Gasteiger partial charge in [-0.3, -0.25) is 4.79 Å². The topological polar surface area (TPSA) is 77.7 Å². The van der Waals surface area contributed by atoms with Gasteiger partial charge in [0.1, 0.15) is 11.5 Å². The highest BCUT2D eigenvalue weighted by molar-refractivity contribution is 5.79. The first-order valence-corrected chi connectivity index (χ1v) is 9.63. The van der Waals surface area contributed by atoms with Crippen molar-refractivity contribution in [3.05, 3.63) is 59.9 Å². The molecule has 2 heterocycles. The molecule has 2 aromatic carbocycles. The van der Waals surface area contributed by atoms with Crippen molar-refractivity contribution in [2.45, 2.75) is 25.8 Å². The number of hydrogen-bond donors (Lipinski definition) is 0. The highest BCUT2D eigenvalue weighted by Crippen LogP contribution is 2.30. The molecule has 0 bridgehead atoms. The molecule has 0 aliphatic carbocycles. The Labute approximate surface area is 169 Å². The molecular formula is C22H23N3O4. The van der Waals surface area contributed by atoms with Crippen molar-refractivity contribution in [2.75, 3.05) is 20.3 Å². The van der Waals surface area contributed by atoms with Crippen LogP contribution in [0.2, 0.25) is 0 Å². The Balaban J connectivity index is 1.41. The predicted molar refractivity (Wildman–Crippen MR) is 107 cm³/mol. The van der Waals surface area contributed by atoms with E-state index in [4.69, 9.17) is 14.0 Å². The second kappa shape index (κ2) is 8.34. The van der Waals surface area contributed by atoms with Crippen LogP contribution in [0.25, 0.3) is 11.5 Å². The Morgan fingerprint density at radius 3 is 2.52 bits per heavy atom. The summed E-state index contributed by atoms with van der Waals surface area (Å²) in [5.41, 5.74) is 1.88. The molecule has 0 N–H and O–H groups in total. The van der Waals surface area contributed by atoms with E-state index in [0.717, 1.165) is 22.6 Å². The number of carbonyl (C=O) groups excluding carboxylic acids is 1. The molecule has 1 aliphatic heterocycles. The van der Waals surface area contributed by atoms with E-state index in [1.165, 1.54) is 0 Å². The number of nitrogens with zero attached hydrogens (tertiary/aromatic N) is 3. The van der Waals surface area contributed by atoms with E-state index in [1.54, 1.807) is 7.11 Å². The average molecular weight is 393 g/mol. The normalized spacial score (nSPS) is 16.3. The van der Waals surface area contributed by atoms with Gasteiger partial charge in [-0.15, -0.1) is 0 Å². The molecule has 1 fully saturated rings. The molecule has 1 aliphatic rings. The maximum atomic E-state index is 12.5. The molecule has 1 aromatic heterocycles. The van der Waals surface area contributed by atoms with Gasteiger partial charge in [-0.2, -0.15) is 4.98 Å². The molecule has 0 spiro atoms. The molecule has 7 nitrogen and oxygen atoms in total. The van der Waals surface area contributed by atoms with Crippen molar-refractivity contribution in [3.63, 3.8) is 0 Å². The van der Waals surface area contributed by atoms with Crippen LogP contribution in [0, 0.1) is 0 Å². The Bertz CT molecular complexity index is 966. The van der Waals surface area contributed by atoms with Crippen LogP contribution in [0.15, 0.2) is 53.1 Å². The Morgan fingerprint density at radius 1 is 1.10 bits per heavy atom. The summed E-state index contributed by atoms with van der Waals surface area (Å²) in [7, 11) is 1.62. The van der Waals surface area contributed by atoms with Gasteiger partial charge in [0, 0.05) is 31.0 Å². The Hall–Kier alpha value is -3.35. The first kappa shape index (κ1) is 19.0. The lowest BCUT2D eigenvalue weighted by Gasteiger charge is -2.16. The van der Waals surface area contributed by atoms with E-state index >= 15 is 0 Å². The average Bonchev–Trinajstić information content (AvgIpc) is 3.37. The summed E-state index contributed by atoms with van der Waals surface area (Å²) in [6, 6.07) is 15.3. The number of rotatable bonds is 7. The van der Waals surface area contributed by atoms with Crippen LogP contribution in [-0.2, 0) is 11.3 Å². The zero-order valence-corrected chi connectivity index (χ0v) is 16.5. The van der Waals surface area contributed by atoms with Gasteiger partial charge in [-0.05, 0) is 48.9 Å². The number of aromatic nitrogens is 2. The first-order valence-electron chi connectivity index (χ1n) is 9.63. The molecule has 150 valence electrons. The van der Waals surface area contributed by atoms with Crippen molar-refractivity contribution in [3.8, 4) is 23.0 Å². The molecule has 1 amide bonds. The summed E-state index contributed by atoms with van der Waals surface area (Å²) >= 11 is 0. The summed E-state index contributed by atoms with van der Waals surface area (Å²) in [6.45, 7) is 3.72. The smallest absolute Gasteiger partial charge is 0.257 e. The van der Waals surface area contributed by atoms with Gasteiger partial charge < -0.3 is 18.9 Å². The van der Waals surface area contributed by atoms with Gasteiger partial charge in [0.25, 0.3) is 5.89 Å². The summed E-state index contributed by atoms with van der Waals surface area (Å²) in [5, 5.41) is 4.11. The number of benzene rings is 2. The third-order valence-electron chi connectivity index (χ3n) is 4.97. The highest BCUT2D eigenvalue weighted by atomic mass is 16.5. The number of carbonyl (C=O) groups is 1. The molecule has 29 heavy (non-hydrogen) atoms. The van der Waals surface area contributed by atoms with Crippen molar-refractivity contribution in [2.24, 2.45) is 0 Å². The van der Waals surface area contributed by atoms with E-state index in [0.29, 0.717) is 37.8 Å². The molecule has 0 radical (unpaired) electrons. The highest BCUT2D eigenvalue weighted by Gasteiger charge is 2.33. The van der Waals surface area contributed by atoms with E-state index in [9.17, 15) is 4.79 Å². The van der Waals surface area contributed by atoms with Crippen molar-refractivity contribution in [1.29, 1.82) is 0 Å². The first-order chi connectivity index (χ1) is 14.2. The minimum Gasteiger partial charge on any atom is -0.497 e. The van der Waals surface area contributed by atoms with E-state index in [2.05, 4.69) is 10.1 Å². The van der Waals surface area contributed by atoms with Crippen LogP contribution in [0.3, 0.4) is 0 Å². The maximum Gasteiger partial charge on any atom is 0.257 e. The van der Waals surface area contributed by atoms with Crippen LogP contribution in [0.1, 0.15) is 30.7 Å². The number of likely N-dealkylation sites (tertiary alicyclic amines) is 1. The lowest BCUT2D eigenvalue weighted by molar-refractivity contribution is -0.128. The Kier molecular flexibility index (Phi) is 5.46.